The first-order valence-electron chi connectivity index (χ1n) is 4.28. The van der Waals surface area contributed by atoms with Crippen molar-refractivity contribution in [1.82, 2.24) is 0 Å². The predicted molar refractivity (Wildman–Crippen MR) is 44.3 cm³/mol. The van der Waals surface area contributed by atoms with Crippen LogP contribution in [0.25, 0.3) is 0 Å². The molecule has 0 aromatic heterocycles. The molecule has 0 aliphatic rings. The van der Waals surface area contributed by atoms with Crippen LogP contribution in [0.3, 0.4) is 0 Å². The molecular formula is C8H17F2NO. The zero-order chi connectivity index (χ0) is 9.40. The molecule has 0 radical (unpaired) electrons. The van der Waals surface area contributed by atoms with Gasteiger partial charge in [0, 0.05) is 12.6 Å². The Morgan fingerprint density at radius 1 is 1.33 bits per heavy atom. The van der Waals surface area contributed by atoms with Crippen LogP contribution in [-0.2, 0) is 4.74 Å². The number of halogens is 2. The Kier molecular flexibility index (Phi) is 7.29. The summed E-state index contributed by atoms with van der Waals surface area (Å²) in [5.41, 5.74) is 5.63. The Morgan fingerprint density at radius 3 is 2.50 bits per heavy atom. The van der Waals surface area contributed by atoms with E-state index in [0.29, 0.717) is 13.0 Å². The summed E-state index contributed by atoms with van der Waals surface area (Å²) in [6, 6.07) is 0.0904. The fraction of sp³-hybridized carbons (Fsp3) is 1.00. The summed E-state index contributed by atoms with van der Waals surface area (Å²) in [7, 11) is 0. The molecule has 12 heavy (non-hydrogen) atoms. The van der Waals surface area contributed by atoms with E-state index in [2.05, 4.69) is 4.74 Å². The largest absolute Gasteiger partial charge is 0.375 e. The molecule has 2 N–H and O–H groups in total. The van der Waals surface area contributed by atoms with E-state index in [0.717, 1.165) is 12.8 Å². The standard InChI is InChI=1S/C8H17F2NO/c1-2-3-7(11)4-5-12-6-8(9)10/h7-8H,2-6,11H2,1H3. The average Bonchev–Trinajstić information content (AvgIpc) is 1.98. The number of nitrogens with two attached hydrogens (primary N) is 1. The summed E-state index contributed by atoms with van der Waals surface area (Å²) in [5.74, 6) is 0. The van der Waals surface area contributed by atoms with Crippen molar-refractivity contribution in [2.45, 2.75) is 38.7 Å². The van der Waals surface area contributed by atoms with E-state index < -0.39 is 13.0 Å². The van der Waals surface area contributed by atoms with Gasteiger partial charge in [-0.3, -0.25) is 0 Å². The lowest BCUT2D eigenvalue weighted by Gasteiger charge is -2.09. The molecule has 0 aliphatic carbocycles. The van der Waals surface area contributed by atoms with Gasteiger partial charge in [0.05, 0.1) is 0 Å². The van der Waals surface area contributed by atoms with Crippen molar-refractivity contribution in [2.24, 2.45) is 5.73 Å². The molecule has 0 saturated heterocycles. The summed E-state index contributed by atoms with van der Waals surface area (Å²) >= 11 is 0. The third kappa shape index (κ3) is 7.88. The molecule has 1 unspecified atom stereocenters. The fourth-order valence-electron chi connectivity index (χ4n) is 0.922. The van der Waals surface area contributed by atoms with Crippen LogP contribution in [0.4, 0.5) is 8.78 Å². The van der Waals surface area contributed by atoms with Crippen LogP contribution >= 0.6 is 0 Å². The van der Waals surface area contributed by atoms with Gasteiger partial charge in [0.15, 0.2) is 0 Å². The van der Waals surface area contributed by atoms with Crippen LogP contribution in [0.15, 0.2) is 0 Å². The Hall–Kier alpha value is -0.220. The fourth-order valence-corrected chi connectivity index (χ4v) is 0.922. The average molecular weight is 181 g/mol. The van der Waals surface area contributed by atoms with E-state index in [-0.39, 0.29) is 6.04 Å². The smallest absolute Gasteiger partial charge is 0.261 e. The van der Waals surface area contributed by atoms with E-state index in [4.69, 9.17) is 5.73 Å². The van der Waals surface area contributed by atoms with Crippen molar-refractivity contribution < 1.29 is 13.5 Å². The minimum Gasteiger partial charge on any atom is -0.375 e. The molecule has 0 fully saturated rings. The molecule has 0 bridgehead atoms. The van der Waals surface area contributed by atoms with Crippen molar-refractivity contribution in [3.8, 4) is 0 Å². The lowest BCUT2D eigenvalue weighted by molar-refractivity contribution is 0.0151. The van der Waals surface area contributed by atoms with E-state index in [1.54, 1.807) is 0 Å². The first-order chi connectivity index (χ1) is 5.66. The van der Waals surface area contributed by atoms with Gasteiger partial charge in [-0.05, 0) is 12.8 Å². The maximum Gasteiger partial charge on any atom is 0.261 e. The quantitative estimate of drug-likeness (QED) is 0.608. The summed E-state index contributed by atoms with van der Waals surface area (Å²) in [4.78, 5) is 0. The van der Waals surface area contributed by atoms with Crippen LogP contribution in [0.2, 0.25) is 0 Å². The zero-order valence-corrected chi connectivity index (χ0v) is 7.43. The molecule has 4 heteroatoms. The Labute approximate surface area is 72.1 Å². The Morgan fingerprint density at radius 2 is 2.00 bits per heavy atom. The predicted octanol–water partition coefficient (Wildman–Crippen LogP) is 1.79. The van der Waals surface area contributed by atoms with E-state index in [1.165, 1.54) is 0 Å². The third-order valence-corrected chi connectivity index (χ3v) is 1.54. The summed E-state index contributed by atoms with van der Waals surface area (Å²) in [5, 5.41) is 0. The van der Waals surface area contributed by atoms with Gasteiger partial charge >= 0.3 is 0 Å². The van der Waals surface area contributed by atoms with Crippen molar-refractivity contribution >= 4 is 0 Å². The van der Waals surface area contributed by atoms with Gasteiger partial charge in [-0.25, -0.2) is 8.78 Å². The molecule has 74 valence electrons. The highest BCUT2D eigenvalue weighted by Gasteiger charge is 2.03. The summed E-state index contributed by atoms with van der Waals surface area (Å²) in [6.07, 6.45) is 0.252. The van der Waals surface area contributed by atoms with Gasteiger partial charge in [-0.15, -0.1) is 0 Å². The van der Waals surface area contributed by atoms with Crippen molar-refractivity contribution in [3.63, 3.8) is 0 Å². The van der Waals surface area contributed by atoms with Gasteiger partial charge in [-0.2, -0.15) is 0 Å². The number of rotatable bonds is 7. The zero-order valence-electron chi connectivity index (χ0n) is 7.43. The molecular weight excluding hydrogens is 164 g/mol. The van der Waals surface area contributed by atoms with Crippen LogP contribution in [0.5, 0.6) is 0 Å². The van der Waals surface area contributed by atoms with E-state index in [1.807, 2.05) is 6.92 Å². The number of ether oxygens (including phenoxy) is 1. The highest BCUT2D eigenvalue weighted by molar-refractivity contribution is 4.58. The molecule has 0 aromatic carbocycles. The van der Waals surface area contributed by atoms with E-state index >= 15 is 0 Å². The molecule has 2 nitrogen and oxygen atoms in total. The molecule has 0 amide bonds. The molecule has 1 atom stereocenters. The van der Waals surface area contributed by atoms with Gasteiger partial charge in [0.25, 0.3) is 6.43 Å². The number of hydrogen-bond donors (Lipinski definition) is 1. The van der Waals surface area contributed by atoms with Gasteiger partial charge in [-0.1, -0.05) is 13.3 Å². The topological polar surface area (TPSA) is 35.2 Å². The maximum atomic E-state index is 11.6. The monoisotopic (exact) mass is 181 g/mol. The molecule has 0 spiro atoms. The maximum absolute atomic E-state index is 11.6. The lowest BCUT2D eigenvalue weighted by Crippen LogP contribution is -2.22. The normalized spacial score (nSPS) is 13.8. The second-order valence-corrected chi connectivity index (χ2v) is 2.80. The Balaban J connectivity index is 3.08. The molecule has 0 aliphatic heterocycles. The molecule has 0 saturated carbocycles. The second-order valence-electron chi connectivity index (χ2n) is 2.80. The van der Waals surface area contributed by atoms with Crippen LogP contribution in [-0.4, -0.2) is 25.7 Å². The van der Waals surface area contributed by atoms with E-state index in [9.17, 15) is 8.78 Å². The van der Waals surface area contributed by atoms with Gasteiger partial charge in [0.2, 0.25) is 0 Å². The Bertz CT molecular complexity index is 101. The number of alkyl halides is 2. The lowest BCUT2D eigenvalue weighted by atomic mass is 10.1. The van der Waals surface area contributed by atoms with Crippen molar-refractivity contribution in [3.05, 3.63) is 0 Å². The second kappa shape index (κ2) is 7.43. The van der Waals surface area contributed by atoms with Crippen molar-refractivity contribution in [1.29, 1.82) is 0 Å². The summed E-state index contributed by atoms with van der Waals surface area (Å²) in [6.45, 7) is 1.91. The van der Waals surface area contributed by atoms with Gasteiger partial charge in [0.1, 0.15) is 6.61 Å². The van der Waals surface area contributed by atoms with Gasteiger partial charge < -0.3 is 10.5 Å². The SMILES string of the molecule is CCCC(N)CCOCC(F)F. The highest BCUT2D eigenvalue weighted by Crippen LogP contribution is 1.99. The summed E-state index contributed by atoms with van der Waals surface area (Å²) < 4.78 is 27.8. The van der Waals surface area contributed by atoms with Crippen LogP contribution in [0, 0.1) is 0 Å². The molecule has 0 aromatic rings. The molecule has 0 heterocycles. The first-order valence-corrected chi connectivity index (χ1v) is 4.28. The third-order valence-electron chi connectivity index (χ3n) is 1.54. The first kappa shape index (κ1) is 11.8. The van der Waals surface area contributed by atoms with Crippen LogP contribution < -0.4 is 5.73 Å². The minimum atomic E-state index is -2.37. The van der Waals surface area contributed by atoms with Crippen molar-refractivity contribution in [2.75, 3.05) is 13.2 Å². The number of hydrogen-bond acceptors (Lipinski definition) is 2. The highest BCUT2D eigenvalue weighted by atomic mass is 19.3. The molecule has 0 rings (SSSR count). The van der Waals surface area contributed by atoms with Crippen LogP contribution in [0.1, 0.15) is 26.2 Å². The minimum absolute atomic E-state index is 0.0904.